The lowest BCUT2D eigenvalue weighted by atomic mass is 10.2. The maximum absolute atomic E-state index is 9.71. The van der Waals surface area contributed by atoms with Crippen molar-refractivity contribution in [3.63, 3.8) is 0 Å². The van der Waals surface area contributed by atoms with Gasteiger partial charge >= 0.3 is 0 Å². The van der Waals surface area contributed by atoms with Crippen LogP contribution < -0.4 is 10.1 Å². The van der Waals surface area contributed by atoms with Crippen molar-refractivity contribution in [3.8, 4) is 21.6 Å². The van der Waals surface area contributed by atoms with Crippen molar-refractivity contribution >= 4 is 67.5 Å². The molecule has 1 aliphatic rings. The number of ether oxygens (including phenoxy) is 3. The summed E-state index contributed by atoms with van der Waals surface area (Å²) in [6.07, 6.45) is 2.16. The van der Waals surface area contributed by atoms with Gasteiger partial charge in [0.05, 0.1) is 62.4 Å². The molecule has 1 aliphatic heterocycles. The Morgan fingerprint density at radius 2 is 1.94 bits per heavy atom. The predicted octanol–water partition coefficient (Wildman–Crippen LogP) is 7.39. The first-order valence-corrected chi connectivity index (χ1v) is 12.4. The van der Waals surface area contributed by atoms with Crippen molar-refractivity contribution in [1.82, 2.24) is 4.98 Å². The smallest absolute Gasteiger partial charge is 0.193 e. The monoisotopic (exact) mass is 517 g/mol. The lowest BCUT2D eigenvalue weighted by Crippen LogP contribution is -2.16. The van der Waals surface area contributed by atoms with Crippen molar-refractivity contribution in [3.05, 3.63) is 57.0 Å². The number of nitriles is 1. The number of methoxy groups -OCH3 is 1. The van der Waals surface area contributed by atoms with Gasteiger partial charge in [0, 0.05) is 22.0 Å². The van der Waals surface area contributed by atoms with Gasteiger partial charge in [-0.2, -0.15) is 5.26 Å². The lowest BCUT2D eigenvalue weighted by molar-refractivity contribution is -0.181. The fraction of sp³-hybridized carbons (Fsp3) is 0.217. The number of aromatic nitrogens is 1. The number of pyridine rings is 1. The van der Waals surface area contributed by atoms with Crippen LogP contribution in [0, 0.1) is 11.3 Å². The molecule has 0 amide bonds. The fourth-order valence-electron chi connectivity index (χ4n) is 3.49. The molecule has 0 spiro atoms. The van der Waals surface area contributed by atoms with Crippen molar-refractivity contribution in [2.75, 3.05) is 25.6 Å². The van der Waals surface area contributed by atoms with E-state index in [-0.39, 0.29) is 6.29 Å². The van der Waals surface area contributed by atoms with Gasteiger partial charge in [-0.15, -0.1) is 22.7 Å². The van der Waals surface area contributed by atoms with Crippen LogP contribution in [0.25, 0.3) is 20.0 Å². The summed E-state index contributed by atoms with van der Waals surface area (Å²) in [6, 6.07) is 11.7. The molecule has 0 atom stereocenters. The Kier molecular flexibility index (Phi) is 6.43. The molecule has 0 aliphatic carbocycles. The Morgan fingerprint density at radius 3 is 2.70 bits per heavy atom. The third-order valence-corrected chi connectivity index (χ3v) is 8.14. The van der Waals surface area contributed by atoms with Crippen LogP contribution in [-0.4, -0.2) is 25.3 Å². The predicted molar refractivity (Wildman–Crippen MR) is 133 cm³/mol. The van der Waals surface area contributed by atoms with Crippen LogP contribution in [-0.2, 0) is 9.47 Å². The molecule has 168 valence electrons. The average Bonchev–Trinajstić information content (AvgIpc) is 3.49. The molecule has 6 nitrogen and oxygen atoms in total. The third kappa shape index (κ3) is 4.41. The minimum Gasteiger partial charge on any atom is -0.495 e. The Labute approximate surface area is 208 Å². The summed E-state index contributed by atoms with van der Waals surface area (Å²) < 4.78 is 17.6. The topological polar surface area (TPSA) is 76.4 Å². The van der Waals surface area contributed by atoms with E-state index >= 15 is 0 Å². The molecular weight excluding hydrogens is 501 g/mol. The molecule has 0 saturated carbocycles. The highest BCUT2D eigenvalue weighted by molar-refractivity contribution is 7.26. The van der Waals surface area contributed by atoms with E-state index in [0.29, 0.717) is 45.9 Å². The summed E-state index contributed by atoms with van der Waals surface area (Å²) in [5.41, 5.74) is 2.42. The second kappa shape index (κ2) is 9.47. The number of benzene rings is 1. The standard InChI is InChI=1S/C23H17Cl2N3O3S2/c1-29-17-8-15(13(24)7-14(17)25)28-21-12(10-26)11-27-16-9-20(33-22(16)21)18-3-4-19(32-18)23-30-5-2-6-31-23/h3-4,7-9,11,23H,2,5-6H2,1H3,(H,27,28). The minimum atomic E-state index is -0.311. The number of hydrogen-bond donors (Lipinski definition) is 1. The summed E-state index contributed by atoms with van der Waals surface area (Å²) in [5.74, 6) is 0.484. The van der Waals surface area contributed by atoms with E-state index in [9.17, 15) is 5.26 Å². The molecule has 0 bridgehead atoms. The van der Waals surface area contributed by atoms with E-state index in [1.54, 1.807) is 41.0 Å². The number of fused-ring (bicyclic) bond motifs is 1. The quantitative estimate of drug-likeness (QED) is 0.297. The first-order chi connectivity index (χ1) is 16.1. The zero-order valence-electron chi connectivity index (χ0n) is 17.4. The summed E-state index contributed by atoms with van der Waals surface area (Å²) >= 11 is 15.8. The first-order valence-electron chi connectivity index (χ1n) is 10.0. The number of thiophene rings is 2. The van der Waals surface area contributed by atoms with Crippen LogP contribution >= 0.6 is 45.9 Å². The van der Waals surface area contributed by atoms with Crippen molar-refractivity contribution in [1.29, 1.82) is 5.26 Å². The normalized spacial score (nSPS) is 14.4. The van der Waals surface area contributed by atoms with Crippen LogP contribution in [0.1, 0.15) is 23.2 Å². The molecule has 1 saturated heterocycles. The summed E-state index contributed by atoms with van der Waals surface area (Å²) in [7, 11) is 1.54. The molecule has 0 radical (unpaired) electrons. The summed E-state index contributed by atoms with van der Waals surface area (Å²) in [6.45, 7) is 1.41. The van der Waals surface area contributed by atoms with E-state index in [4.69, 9.17) is 37.4 Å². The molecule has 0 unspecified atom stereocenters. The number of halogens is 2. The van der Waals surface area contributed by atoms with Crippen LogP contribution in [0.3, 0.4) is 0 Å². The largest absolute Gasteiger partial charge is 0.495 e. The molecule has 3 aromatic heterocycles. The van der Waals surface area contributed by atoms with Crippen LogP contribution in [0.5, 0.6) is 5.75 Å². The van der Waals surface area contributed by atoms with Crippen LogP contribution in [0.2, 0.25) is 10.0 Å². The van der Waals surface area contributed by atoms with Gasteiger partial charge in [-0.05, 0) is 30.7 Å². The number of hydrogen-bond acceptors (Lipinski definition) is 8. The molecule has 5 rings (SSSR count). The summed E-state index contributed by atoms with van der Waals surface area (Å²) in [4.78, 5) is 7.65. The maximum atomic E-state index is 9.71. The second-order valence-electron chi connectivity index (χ2n) is 7.20. The zero-order valence-corrected chi connectivity index (χ0v) is 20.5. The molecule has 33 heavy (non-hydrogen) atoms. The van der Waals surface area contributed by atoms with Gasteiger partial charge < -0.3 is 19.5 Å². The second-order valence-corrected chi connectivity index (χ2v) is 10.2. The van der Waals surface area contributed by atoms with Gasteiger partial charge in [-0.25, -0.2) is 0 Å². The average molecular weight is 518 g/mol. The highest BCUT2D eigenvalue weighted by atomic mass is 35.5. The van der Waals surface area contributed by atoms with E-state index in [1.807, 2.05) is 12.1 Å². The molecule has 4 aromatic rings. The highest BCUT2D eigenvalue weighted by Crippen LogP contribution is 2.44. The highest BCUT2D eigenvalue weighted by Gasteiger charge is 2.21. The minimum absolute atomic E-state index is 0.311. The molecule has 1 N–H and O–H groups in total. The van der Waals surface area contributed by atoms with Crippen molar-refractivity contribution in [2.45, 2.75) is 12.7 Å². The number of nitrogens with one attached hydrogen (secondary N) is 1. The molecule has 10 heteroatoms. The van der Waals surface area contributed by atoms with E-state index in [1.165, 1.54) is 7.11 Å². The first kappa shape index (κ1) is 22.4. The van der Waals surface area contributed by atoms with Gasteiger partial charge in [0.1, 0.15) is 11.8 Å². The van der Waals surface area contributed by atoms with Gasteiger partial charge in [0.15, 0.2) is 6.29 Å². The number of nitrogens with zero attached hydrogens (tertiary/aromatic N) is 2. The van der Waals surface area contributed by atoms with Crippen molar-refractivity contribution < 1.29 is 14.2 Å². The van der Waals surface area contributed by atoms with Crippen molar-refractivity contribution in [2.24, 2.45) is 0 Å². The van der Waals surface area contributed by atoms with Gasteiger partial charge in [-0.1, -0.05) is 23.2 Å². The Morgan fingerprint density at radius 1 is 1.12 bits per heavy atom. The summed E-state index contributed by atoms with van der Waals surface area (Å²) in [5, 5.41) is 13.8. The SMILES string of the molecule is COc1cc(Nc2c(C#N)cnc3cc(-c4ccc(C5OCCCO5)s4)sc23)c(Cl)cc1Cl. The number of rotatable bonds is 5. The van der Waals surface area contributed by atoms with Crippen LogP contribution in [0.4, 0.5) is 11.4 Å². The maximum Gasteiger partial charge on any atom is 0.193 e. The zero-order chi connectivity index (χ0) is 22.9. The fourth-order valence-corrected chi connectivity index (χ4v) is 6.20. The van der Waals surface area contributed by atoms with Gasteiger partial charge in [0.2, 0.25) is 0 Å². The van der Waals surface area contributed by atoms with E-state index in [0.717, 1.165) is 31.3 Å². The third-order valence-electron chi connectivity index (χ3n) is 5.09. The Balaban J connectivity index is 1.54. The number of anilines is 2. The Bertz CT molecular complexity index is 1370. The molecular formula is C23H17Cl2N3O3S2. The molecule has 1 fully saturated rings. The van der Waals surface area contributed by atoms with E-state index in [2.05, 4.69) is 22.4 Å². The van der Waals surface area contributed by atoms with Crippen LogP contribution in [0.15, 0.2) is 36.5 Å². The Hall–Kier alpha value is -2.38. The molecule has 1 aromatic carbocycles. The lowest BCUT2D eigenvalue weighted by Gasteiger charge is -2.21. The van der Waals surface area contributed by atoms with Gasteiger partial charge in [0.25, 0.3) is 0 Å². The van der Waals surface area contributed by atoms with Gasteiger partial charge in [-0.3, -0.25) is 4.98 Å². The van der Waals surface area contributed by atoms with E-state index < -0.39 is 0 Å². The molecule has 4 heterocycles.